The molecule has 1 atom stereocenters. The molecule has 1 unspecified atom stereocenters. The molecule has 3 rings (SSSR count). The molecule has 1 heterocycles. The van der Waals surface area contributed by atoms with Crippen molar-refractivity contribution in [2.75, 3.05) is 0 Å². The molecule has 3 N–H and O–H groups in total. The first kappa shape index (κ1) is 19.0. The first-order valence-electron chi connectivity index (χ1n) is 9.95. The van der Waals surface area contributed by atoms with E-state index in [-0.39, 0.29) is 23.1 Å². The van der Waals surface area contributed by atoms with Gasteiger partial charge in [0.2, 0.25) is 0 Å². The molecule has 0 bridgehead atoms. The van der Waals surface area contributed by atoms with Gasteiger partial charge in [-0.15, -0.1) is 0 Å². The molecule has 1 aromatic heterocycles. The van der Waals surface area contributed by atoms with Crippen LogP contribution >= 0.6 is 0 Å². The summed E-state index contributed by atoms with van der Waals surface area (Å²) >= 11 is 0. The van der Waals surface area contributed by atoms with Crippen molar-refractivity contribution in [1.82, 2.24) is 4.98 Å². The highest BCUT2D eigenvalue weighted by atomic mass is 16.5. The normalized spacial score (nSPS) is 24.6. The molecule has 0 spiro atoms. The number of benzene rings is 1. The van der Waals surface area contributed by atoms with Crippen molar-refractivity contribution < 1.29 is 4.74 Å². The van der Waals surface area contributed by atoms with E-state index in [1.54, 1.807) is 6.20 Å². The van der Waals surface area contributed by atoms with E-state index in [1.165, 1.54) is 0 Å². The minimum absolute atomic E-state index is 0.0424. The van der Waals surface area contributed by atoms with E-state index in [0.717, 1.165) is 66.2 Å². The van der Waals surface area contributed by atoms with Crippen molar-refractivity contribution in [3.05, 3.63) is 39.8 Å². The molecule has 2 aromatic rings. The molecular formula is C22H32N2O2. The maximum atomic E-state index is 12.1. The molecule has 1 saturated carbocycles. The Morgan fingerprint density at radius 1 is 1.27 bits per heavy atom. The lowest BCUT2D eigenvalue weighted by Gasteiger charge is -2.43. The molecule has 0 amide bonds. The molecule has 0 aliphatic heterocycles. The van der Waals surface area contributed by atoms with Gasteiger partial charge in [-0.2, -0.15) is 0 Å². The number of H-pyrrole nitrogens is 1. The lowest BCUT2D eigenvalue weighted by Crippen LogP contribution is -2.45. The van der Waals surface area contributed by atoms with Gasteiger partial charge in [-0.1, -0.05) is 13.8 Å². The van der Waals surface area contributed by atoms with Crippen LogP contribution in [-0.4, -0.2) is 17.1 Å². The second kappa shape index (κ2) is 7.43. The molecule has 142 valence electrons. The van der Waals surface area contributed by atoms with Gasteiger partial charge in [0.05, 0.1) is 6.10 Å². The van der Waals surface area contributed by atoms with Crippen LogP contribution in [0.5, 0.6) is 5.75 Å². The number of aryl methyl sites for hydroxylation is 2. The van der Waals surface area contributed by atoms with Gasteiger partial charge in [-0.05, 0) is 86.4 Å². The van der Waals surface area contributed by atoms with Crippen molar-refractivity contribution in [2.45, 2.75) is 78.4 Å². The number of aromatic amines is 1. The smallest absolute Gasteiger partial charge is 0.255 e. The zero-order chi connectivity index (χ0) is 18.9. The lowest BCUT2D eigenvalue weighted by atomic mass is 9.66. The number of nitrogens with two attached hydrogens (primary N) is 1. The summed E-state index contributed by atoms with van der Waals surface area (Å²) in [6, 6.07) is 4.19. The van der Waals surface area contributed by atoms with Gasteiger partial charge in [0.1, 0.15) is 5.75 Å². The Balaban J connectivity index is 1.82. The fourth-order valence-corrected chi connectivity index (χ4v) is 4.71. The lowest BCUT2D eigenvalue weighted by molar-refractivity contribution is 0.0562. The first-order valence-corrected chi connectivity index (χ1v) is 9.95. The molecule has 1 aliphatic rings. The quantitative estimate of drug-likeness (QED) is 0.822. The molecular weight excluding hydrogens is 324 g/mol. The minimum atomic E-state index is -0.0424. The van der Waals surface area contributed by atoms with Crippen molar-refractivity contribution in [3.8, 4) is 5.75 Å². The molecule has 1 fully saturated rings. The molecule has 1 aromatic carbocycles. The van der Waals surface area contributed by atoms with Gasteiger partial charge in [0.15, 0.2) is 0 Å². The summed E-state index contributed by atoms with van der Waals surface area (Å²) < 4.78 is 6.46. The SMILES string of the molecule is CCC(N)C1(CC)CCC(Oc2c(C)cc3c(=O)[nH]ccc3c2C)CC1. The number of rotatable bonds is 5. The van der Waals surface area contributed by atoms with E-state index < -0.39 is 0 Å². The Bertz CT molecular complexity index is 832. The standard InChI is InChI=1S/C22H32N2O2/c1-5-19(23)22(6-2)10-7-16(8-11-22)26-20-14(3)13-18-17(15(20)4)9-12-24-21(18)25/h9,12-13,16,19H,5-8,10-11,23H2,1-4H3,(H,24,25). The summed E-state index contributed by atoms with van der Waals surface area (Å²) in [6.45, 7) is 8.54. The highest BCUT2D eigenvalue weighted by molar-refractivity contribution is 5.87. The fraction of sp³-hybridized carbons (Fsp3) is 0.591. The van der Waals surface area contributed by atoms with Crippen molar-refractivity contribution in [3.63, 3.8) is 0 Å². The third-order valence-corrected chi connectivity index (χ3v) is 6.61. The van der Waals surface area contributed by atoms with Gasteiger partial charge in [0, 0.05) is 17.6 Å². The van der Waals surface area contributed by atoms with E-state index in [9.17, 15) is 4.79 Å². The summed E-state index contributed by atoms with van der Waals surface area (Å²) in [5.41, 5.74) is 8.76. The van der Waals surface area contributed by atoms with Gasteiger partial charge in [-0.3, -0.25) is 4.79 Å². The Morgan fingerprint density at radius 3 is 2.58 bits per heavy atom. The predicted octanol–water partition coefficient (Wildman–Crippen LogP) is 4.60. The molecule has 1 aliphatic carbocycles. The highest BCUT2D eigenvalue weighted by Gasteiger charge is 2.38. The van der Waals surface area contributed by atoms with Crippen LogP contribution < -0.4 is 16.0 Å². The van der Waals surface area contributed by atoms with Crippen molar-refractivity contribution >= 4 is 10.8 Å². The Kier molecular flexibility index (Phi) is 5.42. The molecule has 4 heteroatoms. The van der Waals surface area contributed by atoms with E-state index >= 15 is 0 Å². The summed E-state index contributed by atoms with van der Waals surface area (Å²) in [6.07, 6.45) is 8.49. The van der Waals surface area contributed by atoms with E-state index in [1.807, 2.05) is 19.1 Å². The zero-order valence-electron chi connectivity index (χ0n) is 16.5. The Labute approximate surface area is 156 Å². The van der Waals surface area contributed by atoms with Crippen LogP contribution in [0.2, 0.25) is 0 Å². The van der Waals surface area contributed by atoms with E-state index in [2.05, 4.69) is 25.8 Å². The van der Waals surface area contributed by atoms with Crippen LogP contribution in [0.4, 0.5) is 0 Å². The van der Waals surface area contributed by atoms with Gasteiger partial charge in [0.25, 0.3) is 5.56 Å². The Morgan fingerprint density at radius 2 is 1.96 bits per heavy atom. The van der Waals surface area contributed by atoms with Crippen molar-refractivity contribution in [1.29, 1.82) is 0 Å². The number of ether oxygens (including phenoxy) is 1. The number of nitrogens with one attached hydrogen (secondary N) is 1. The van der Waals surface area contributed by atoms with Crippen LogP contribution in [0.15, 0.2) is 23.1 Å². The number of pyridine rings is 1. The average Bonchev–Trinajstić information content (AvgIpc) is 2.66. The van der Waals surface area contributed by atoms with Gasteiger partial charge < -0.3 is 15.5 Å². The average molecular weight is 357 g/mol. The van der Waals surface area contributed by atoms with Gasteiger partial charge in [-0.25, -0.2) is 0 Å². The maximum Gasteiger partial charge on any atom is 0.255 e. The first-order chi connectivity index (χ1) is 12.4. The monoisotopic (exact) mass is 356 g/mol. The van der Waals surface area contributed by atoms with Crippen LogP contribution in [0.25, 0.3) is 10.8 Å². The third kappa shape index (κ3) is 3.27. The summed E-state index contributed by atoms with van der Waals surface area (Å²) in [5, 5.41) is 1.71. The zero-order valence-corrected chi connectivity index (χ0v) is 16.5. The topological polar surface area (TPSA) is 68.1 Å². The number of hydrogen-bond donors (Lipinski definition) is 2. The van der Waals surface area contributed by atoms with Gasteiger partial charge >= 0.3 is 0 Å². The molecule has 0 radical (unpaired) electrons. The third-order valence-electron chi connectivity index (χ3n) is 6.61. The largest absolute Gasteiger partial charge is 0.490 e. The molecule has 26 heavy (non-hydrogen) atoms. The number of fused-ring (bicyclic) bond motifs is 1. The van der Waals surface area contributed by atoms with E-state index in [4.69, 9.17) is 10.5 Å². The molecule has 4 nitrogen and oxygen atoms in total. The number of aromatic nitrogens is 1. The van der Waals surface area contributed by atoms with Crippen LogP contribution in [0.1, 0.15) is 63.5 Å². The Hall–Kier alpha value is -1.81. The predicted molar refractivity (Wildman–Crippen MR) is 108 cm³/mol. The van der Waals surface area contributed by atoms with E-state index in [0.29, 0.717) is 0 Å². The van der Waals surface area contributed by atoms with Crippen molar-refractivity contribution in [2.24, 2.45) is 11.1 Å². The second-order valence-corrected chi connectivity index (χ2v) is 7.96. The van der Waals surface area contributed by atoms with Crippen LogP contribution in [0.3, 0.4) is 0 Å². The molecule has 0 saturated heterocycles. The fourth-order valence-electron chi connectivity index (χ4n) is 4.71. The van der Waals surface area contributed by atoms with Crippen LogP contribution in [0, 0.1) is 19.3 Å². The maximum absolute atomic E-state index is 12.1. The minimum Gasteiger partial charge on any atom is -0.490 e. The summed E-state index contributed by atoms with van der Waals surface area (Å²) in [7, 11) is 0. The second-order valence-electron chi connectivity index (χ2n) is 7.96. The van der Waals surface area contributed by atoms with Crippen LogP contribution in [-0.2, 0) is 0 Å². The number of hydrogen-bond acceptors (Lipinski definition) is 3. The summed E-state index contributed by atoms with van der Waals surface area (Å²) in [4.78, 5) is 14.8. The highest BCUT2D eigenvalue weighted by Crippen LogP contribution is 2.44. The summed E-state index contributed by atoms with van der Waals surface area (Å²) in [5.74, 6) is 0.942.